The molecular weight excluding hydrogens is 386 g/mol. The zero-order chi connectivity index (χ0) is 22.3. The number of para-hydroxylation sites is 1. The van der Waals surface area contributed by atoms with E-state index in [4.69, 9.17) is 0 Å². The van der Waals surface area contributed by atoms with E-state index in [0.717, 1.165) is 11.4 Å². The molecule has 0 fully saturated rings. The molecule has 0 N–H and O–H groups in total. The topological polar surface area (TPSA) is 3.24 Å². The van der Waals surface area contributed by atoms with E-state index in [1.807, 2.05) is 6.07 Å². The first-order valence-corrected chi connectivity index (χ1v) is 11.0. The highest BCUT2D eigenvalue weighted by Crippen LogP contribution is 2.39. The van der Waals surface area contributed by atoms with Crippen LogP contribution in [-0.4, -0.2) is 0 Å². The van der Waals surface area contributed by atoms with E-state index in [1.54, 1.807) is 0 Å². The molecule has 0 aliphatic rings. The molecule has 0 saturated heterocycles. The van der Waals surface area contributed by atoms with Crippen LogP contribution in [0.2, 0.25) is 0 Å². The van der Waals surface area contributed by atoms with Crippen LogP contribution in [0.4, 0.5) is 17.1 Å². The largest absolute Gasteiger partial charge is 0.310 e. The summed E-state index contributed by atoms with van der Waals surface area (Å²) in [6.45, 7) is 6.55. The molecule has 0 aliphatic carbocycles. The summed E-state index contributed by atoms with van der Waals surface area (Å²) in [5.74, 6) is 0. The third-order valence-corrected chi connectivity index (χ3v) is 5.51. The molecule has 1 nitrogen and oxygen atoms in total. The molecule has 0 unspecified atom stereocenters. The zero-order valence-electron chi connectivity index (χ0n) is 19.0. The van der Waals surface area contributed by atoms with Crippen LogP contribution >= 0.6 is 0 Å². The highest BCUT2D eigenvalue weighted by Gasteiger charge is 2.16. The molecule has 4 aromatic carbocycles. The molecule has 0 bridgehead atoms. The maximum atomic E-state index is 2.35. The van der Waals surface area contributed by atoms with Gasteiger partial charge in [-0.25, -0.2) is 0 Å². The van der Waals surface area contributed by atoms with E-state index in [9.17, 15) is 0 Å². The molecule has 0 spiro atoms. The van der Waals surface area contributed by atoms with Crippen molar-refractivity contribution in [2.45, 2.75) is 20.8 Å². The average molecular weight is 416 g/mol. The quantitative estimate of drug-likeness (QED) is 0.284. The molecule has 0 radical (unpaired) electrons. The molecule has 1 heteroatoms. The second-order valence-electron chi connectivity index (χ2n) is 8.14. The molecule has 4 aromatic rings. The highest BCUT2D eigenvalue weighted by molar-refractivity contribution is 5.81. The number of aryl methyl sites for hydroxylation is 3. The zero-order valence-corrected chi connectivity index (χ0v) is 19.0. The monoisotopic (exact) mass is 415 g/mol. The Hall–Kier alpha value is -3.84. The van der Waals surface area contributed by atoms with Crippen LogP contribution in [0.1, 0.15) is 27.8 Å². The number of rotatable bonds is 6. The SMILES string of the molecule is Cc1cc(C)c(N(c2ccccc2)c2ccc(/C=C/C=C/c3ccccc3)cc2)c(C)c1. The molecule has 0 aromatic heterocycles. The van der Waals surface area contributed by atoms with Crippen molar-refractivity contribution in [1.29, 1.82) is 0 Å². The predicted octanol–water partition coefficient (Wildman–Crippen LogP) is 8.81. The van der Waals surface area contributed by atoms with Crippen LogP contribution in [-0.2, 0) is 0 Å². The van der Waals surface area contributed by atoms with Crippen molar-refractivity contribution < 1.29 is 0 Å². The second kappa shape index (κ2) is 9.98. The summed E-state index contributed by atoms with van der Waals surface area (Å²) >= 11 is 0. The first-order chi connectivity index (χ1) is 15.6. The fourth-order valence-corrected chi connectivity index (χ4v) is 4.14. The summed E-state index contributed by atoms with van der Waals surface area (Å²) in [7, 11) is 0. The van der Waals surface area contributed by atoms with Crippen LogP contribution in [0.25, 0.3) is 12.2 Å². The minimum absolute atomic E-state index is 1.16. The van der Waals surface area contributed by atoms with E-state index >= 15 is 0 Å². The van der Waals surface area contributed by atoms with Gasteiger partial charge in [0, 0.05) is 11.4 Å². The molecule has 0 saturated carbocycles. The van der Waals surface area contributed by atoms with E-state index in [1.165, 1.54) is 33.5 Å². The van der Waals surface area contributed by atoms with E-state index < -0.39 is 0 Å². The molecule has 0 amide bonds. The van der Waals surface area contributed by atoms with E-state index in [-0.39, 0.29) is 0 Å². The van der Waals surface area contributed by atoms with Crippen molar-refractivity contribution in [3.05, 3.63) is 137 Å². The molecular formula is C31H29N. The van der Waals surface area contributed by atoms with Crippen molar-refractivity contribution in [3.63, 3.8) is 0 Å². The lowest BCUT2D eigenvalue weighted by Crippen LogP contribution is -2.13. The van der Waals surface area contributed by atoms with Gasteiger partial charge in [-0.3, -0.25) is 0 Å². The Morgan fingerprint density at radius 1 is 0.531 bits per heavy atom. The number of hydrogen-bond acceptors (Lipinski definition) is 1. The maximum Gasteiger partial charge on any atom is 0.0520 e. The van der Waals surface area contributed by atoms with Gasteiger partial charge in [-0.15, -0.1) is 0 Å². The van der Waals surface area contributed by atoms with Gasteiger partial charge in [0.2, 0.25) is 0 Å². The Bertz CT molecular complexity index is 1190. The van der Waals surface area contributed by atoms with Crippen LogP contribution in [0, 0.1) is 20.8 Å². The molecule has 0 heterocycles. The van der Waals surface area contributed by atoms with Gasteiger partial charge in [0.1, 0.15) is 0 Å². The third kappa shape index (κ3) is 5.07. The van der Waals surface area contributed by atoms with Crippen molar-refractivity contribution in [3.8, 4) is 0 Å². The molecule has 0 aliphatic heterocycles. The van der Waals surface area contributed by atoms with Crippen molar-refractivity contribution in [2.24, 2.45) is 0 Å². The lowest BCUT2D eigenvalue weighted by atomic mass is 10.0. The number of hydrogen-bond donors (Lipinski definition) is 0. The highest BCUT2D eigenvalue weighted by atomic mass is 15.1. The first-order valence-electron chi connectivity index (χ1n) is 11.0. The molecule has 158 valence electrons. The van der Waals surface area contributed by atoms with Crippen LogP contribution in [0.15, 0.2) is 109 Å². The number of nitrogens with zero attached hydrogens (tertiary/aromatic N) is 1. The van der Waals surface area contributed by atoms with Gasteiger partial charge < -0.3 is 4.90 Å². The van der Waals surface area contributed by atoms with E-state index in [0.29, 0.717) is 0 Å². The lowest BCUT2D eigenvalue weighted by molar-refractivity contribution is 1.20. The maximum absolute atomic E-state index is 2.35. The van der Waals surface area contributed by atoms with Crippen molar-refractivity contribution in [1.82, 2.24) is 0 Å². The fraction of sp³-hybridized carbons (Fsp3) is 0.0968. The average Bonchev–Trinajstić information content (AvgIpc) is 2.81. The third-order valence-electron chi connectivity index (χ3n) is 5.51. The number of allylic oxidation sites excluding steroid dienone is 2. The molecule has 4 rings (SSSR count). The van der Waals surface area contributed by atoms with Crippen LogP contribution in [0.3, 0.4) is 0 Å². The lowest BCUT2D eigenvalue weighted by Gasteiger charge is -2.29. The summed E-state index contributed by atoms with van der Waals surface area (Å²) in [4.78, 5) is 2.35. The number of benzene rings is 4. The van der Waals surface area contributed by atoms with E-state index in [2.05, 4.69) is 141 Å². The Labute approximate surface area is 192 Å². The smallest absolute Gasteiger partial charge is 0.0520 e. The van der Waals surface area contributed by atoms with Crippen LogP contribution in [0.5, 0.6) is 0 Å². The Kier molecular flexibility index (Phi) is 6.67. The van der Waals surface area contributed by atoms with Crippen molar-refractivity contribution >= 4 is 29.2 Å². The van der Waals surface area contributed by atoms with Gasteiger partial charge in [-0.1, -0.05) is 103 Å². The first kappa shape index (κ1) is 21.4. The van der Waals surface area contributed by atoms with Gasteiger partial charge in [-0.2, -0.15) is 0 Å². The molecule has 0 atom stereocenters. The minimum atomic E-state index is 1.16. The second-order valence-corrected chi connectivity index (χ2v) is 8.14. The fourth-order valence-electron chi connectivity index (χ4n) is 4.14. The van der Waals surface area contributed by atoms with Crippen molar-refractivity contribution in [2.75, 3.05) is 4.90 Å². The number of anilines is 3. The van der Waals surface area contributed by atoms with Gasteiger partial charge >= 0.3 is 0 Å². The Morgan fingerprint density at radius 3 is 1.56 bits per heavy atom. The minimum Gasteiger partial charge on any atom is -0.310 e. The van der Waals surface area contributed by atoms with Gasteiger partial charge in [0.15, 0.2) is 0 Å². The van der Waals surface area contributed by atoms with Crippen LogP contribution < -0.4 is 4.90 Å². The van der Waals surface area contributed by atoms with Gasteiger partial charge in [0.25, 0.3) is 0 Å². The normalized spacial score (nSPS) is 11.3. The summed E-state index contributed by atoms with van der Waals surface area (Å²) in [5, 5.41) is 0. The summed E-state index contributed by atoms with van der Waals surface area (Å²) in [6, 6.07) is 34.2. The van der Waals surface area contributed by atoms with Gasteiger partial charge in [0.05, 0.1) is 5.69 Å². The molecule has 32 heavy (non-hydrogen) atoms. The Balaban J connectivity index is 1.63. The summed E-state index contributed by atoms with van der Waals surface area (Å²) < 4.78 is 0. The summed E-state index contributed by atoms with van der Waals surface area (Å²) in [5.41, 5.74) is 9.80. The summed E-state index contributed by atoms with van der Waals surface area (Å²) in [6.07, 6.45) is 8.42. The predicted molar refractivity (Wildman–Crippen MR) is 140 cm³/mol. The standard InChI is InChI=1S/C31H29N/c1-24-22-25(2)31(26(3)23-24)32(29-16-8-5-9-17-29)30-20-18-28(19-21-30)15-11-10-14-27-12-6-4-7-13-27/h4-23H,1-3H3/b14-10+,15-11+. The van der Waals surface area contributed by atoms with Gasteiger partial charge in [-0.05, 0) is 67.3 Å². The Morgan fingerprint density at radius 2 is 1.00 bits per heavy atom.